The van der Waals surface area contributed by atoms with Gasteiger partial charge in [-0.3, -0.25) is 9.59 Å². The highest BCUT2D eigenvalue weighted by Crippen LogP contribution is 2.32. The van der Waals surface area contributed by atoms with Gasteiger partial charge >= 0.3 is 0 Å². The minimum Gasteiger partial charge on any atom is -0.389 e. The van der Waals surface area contributed by atoms with Crippen molar-refractivity contribution < 1.29 is 19.1 Å². The molecule has 2 rings (SSSR count). The van der Waals surface area contributed by atoms with E-state index in [4.69, 9.17) is 5.73 Å². The lowest BCUT2D eigenvalue weighted by atomic mass is 9.97. The number of nitrogens with two attached hydrogens (primary N) is 1. The number of amides is 2. The van der Waals surface area contributed by atoms with Crippen molar-refractivity contribution in [1.29, 1.82) is 0 Å². The molecule has 0 aliphatic heterocycles. The smallest absolute Gasteiger partial charge is 0.251 e. The van der Waals surface area contributed by atoms with Crippen molar-refractivity contribution in [3.63, 3.8) is 0 Å². The maximum atomic E-state index is 13.5. The van der Waals surface area contributed by atoms with Crippen LogP contribution in [-0.4, -0.2) is 22.5 Å². The van der Waals surface area contributed by atoms with E-state index in [0.29, 0.717) is 12.8 Å². The molecule has 1 aromatic rings. The number of carbonyl (C=O) groups is 2. The molecule has 0 aromatic heterocycles. The fourth-order valence-corrected chi connectivity index (χ4v) is 2.51. The average molecular weight is 280 g/mol. The largest absolute Gasteiger partial charge is 0.389 e. The molecule has 20 heavy (non-hydrogen) atoms. The van der Waals surface area contributed by atoms with E-state index in [0.717, 1.165) is 18.9 Å². The van der Waals surface area contributed by atoms with Crippen LogP contribution in [0.15, 0.2) is 18.2 Å². The van der Waals surface area contributed by atoms with Crippen LogP contribution in [0.3, 0.4) is 0 Å². The predicted octanol–water partition coefficient (Wildman–Crippen LogP) is 1.56. The highest BCUT2D eigenvalue weighted by molar-refractivity contribution is 5.95. The Morgan fingerprint density at radius 2 is 2.00 bits per heavy atom. The van der Waals surface area contributed by atoms with Crippen molar-refractivity contribution in [2.45, 2.75) is 37.7 Å². The summed E-state index contributed by atoms with van der Waals surface area (Å²) in [7, 11) is 0. The Morgan fingerprint density at radius 3 is 2.55 bits per heavy atom. The third kappa shape index (κ3) is 3.33. The van der Waals surface area contributed by atoms with Gasteiger partial charge in [0.15, 0.2) is 0 Å². The Balaban J connectivity index is 2.01. The maximum absolute atomic E-state index is 13.5. The summed E-state index contributed by atoms with van der Waals surface area (Å²) in [6.07, 6.45) is 3.02. The lowest BCUT2D eigenvalue weighted by molar-refractivity contribution is -0.120. The summed E-state index contributed by atoms with van der Waals surface area (Å²) < 4.78 is 13.5. The minimum absolute atomic E-state index is 0.00775. The van der Waals surface area contributed by atoms with E-state index in [-0.39, 0.29) is 23.6 Å². The second-order valence-electron chi connectivity index (χ2n) is 5.22. The third-order valence-corrected chi connectivity index (χ3v) is 3.54. The average Bonchev–Trinajstić information content (AvgIpc) is 2.74. The number of rotatable bonds is 4. The summed E-state index contributed by atoms with van der Waals surface area (Å²) in [4.78, 5) is 22.7. The van der Waals surface area contributed by atoms with Crippen molar-refractivity contribution in [2.75, 3.05) is 5.32 Å². The molecule has 1 aliphatic carbocycles. The molecule has 108 valence electrons. The number of aliphatic hydroxyl groups is 1. The highest BCUT2D eigenvalue weighted by atomic mass is 19.1. The lowest BCUT2D eigenvalue weighted by Crippen LogP contribution is -2.30. The van der Waals surface area contributed by atoms with Crippen molar-refractivity contribution in [3.8, 4) is 0 Å². The van der Waals surface area contributed by atoms with Crippen molar-refractivity contribution in [3.05, 3.63) is 29.6 Å². The Bertz CT molecular complexity index is 539. The van der Waals surface area contributed by atoms with Gasteiger partial charge in [0.2, 0.25) is 5.91 Å². The summed E-state index contributed by atoms with van der Waals surface area (Å²) in [5, 5.41) is 12.6. The Kier molecular flexibility index (Phi) is 4.04. The quantitative estimate of drug-likeness (QED) is 0.781. The minimum atomic E-state index is -0.949. The maximum Gasteiger partial charge on any atom is 0.251 e. The van der Waals surface area contributed by atoms with Crippen molar-refractivity contribution >= 4 is 17.5 Å². The summed E-state index contributed by atoms with van der Waals surface area (Å²) in [6.45, 7) is 0. The first-order valence-electron chi connectivity index (χ1n) is 6.51. The molecule has 0 atom stereocenters. The Labute approximate surface area is 116 Å². The molecule has 1 aromatic carbocycles. The zero-order chi connectivity index (χ0) is 14.8. The van der Waals surface area contributed by atoms with Gasteiger partial charge in [0.1, 0.15) is 5.82 Å². The number of anilines is 1. The van der Waals surface area contributed by atoms with Gasteiger partial charge in [0.05, 0.1) is 17.6 Å². The molecule has 0 unspecified atom stereocenters. The molecule has 0 radical (unpaired) electrons. The normalized spacial score (nSPS) is 16.9. The zero-order valence-electron chi connectivity index (χ0n) is 11.0. The van der Waals surface area contributed by atoms with Crippen LogP contribution in [-0.2, 0) is 4.79 Å². The Hall–Kier alpha value is -1.95. The van der Waals surface area contributed by atoms with Crippen molar-refractivity contribution in [1.82, 2.24) is 0 Å². The first kappa shape index (κ1) is 14.5. The van der Waals surface area contributed by atoms with Crippen LogP contribution in [0, 0.1) is 5.82 Å². The molecule has 1 saturated carbocycles. The van der Waals surface area contributed by atoms with Crippen LogP contribution < -0.4 is 11.1 Å². The third-order valence-electron chi connectivity index (χ3n) is 3.54. The van der Waals surface area contributed by atoms with E-state index in [2.05, 4.69) is 5.32 Å². The number of carbonyl (C=O) groups excluding carboxylic acids is 2. The van der Waals surface area contributed by atoms with Crippen LogP contribution in [0.1, 0.15) is 42.5 Å². The van der Waals surface area contributed by atoms with Gasteiger partial charge in [0, 0.05) is 5.69 Å². The lowest BCUT2D eigenvalue weighted by Gasteiger charge is -2.21. The number of halogens is 1. The van der Waals surface area contributed by atoms with Crippen LogP contribution in [0.2, 0.25) is 0 Å². The van der Waals surface area contributed by atoms with E-state index in [9.17, 15) is 19.1 Å². The topological polar surface area (TPSA) is 92.4 Å². The monoisotopic (exact) mass is 280 g/mol. The van der Waals surface area contributed by atoms with Crippen molar-refractivity contribution in [2.24, 2.45) is 5.73 Å². The van der Waals surface area contributed by atoms with Crippen LogP contribution in [0.4, 0.5) is 10.1 Å². The van der Waals surface area contributed by atoms with Crippen LogP contribution in [0.5, 0.6) is 0 Å². The fraction of sp³-hybridized carbons (Fsp3) is 0.429. The second kappa shape index (κ2) is 5.58. The van der Waals surface area contributed by atoms with Gasteiger partial charge in [-0.2, -0.15) is 0 Å². The van der Waals surface area contributed by atoms with E-state index in [1.807, 2.05) is 0 Å². The standard InChI is InChI=1S/C14H17FN2O3/c15-11-7-9(3-4-10(11)13(16)19)17-12(18)8-14(20)5-1-2-6-14/h3-4,7,20H,1-2,5-6,8H2,(H2,16,19)(H,17,18). The first-order valence-corrected chi connectivity index (χ1v) is 6.51. The number of primary amides is 1. The van der Waals surface area contributed by atoms with Gasteiger partial charge in [-0.05, 0) is 31.0 Å². The van der Waals surface area contributed by atoms with E-state index in [1.54, 1.807) is 0 Å². The zero-order valence-corrected chi connectivity index (χ0v) is 11.0. The van der Waals surface area contributed by atoms with Gasteiger partial charge in [-0.15, -0.1) is 0 Å². The van der Waals surface area contributed by atoms with Gasteiger partial charge in [-0.25, -0.2) is 4.39 Å². The summed E-state index contributed by atoms with van der Waals surface area (Å²) in [6, 6.07) is 3.66. The number of nitrogens with one attached hydrogen (secondary N) is 1. The molecule has 0 heterocycles. The molecule has 4 N–H and O–H groups in total. The number of hydrogen-bond donors (Lipinski definition) is 3. The predicted molar refractivity (Wildman–Crippen MR) is 71.6 cm³/mol. The van der Waals surface area contributed by atoms with E-state index < -0.39 is 17.3 Å². The molecule has 5 nitrogen and oxygen atoms in total. The SMILES string of the molecule is NC(=O)c1ccc(NC(=O)CC2(O)CCCC2)cc1F. The number of benzene rings is 1. The Morgan fingerprint density at radius 1 is 1.35 bits per heavy atom. The summed E-state index contributed by atoms with van der Waals surface area (Å²) >= 11 is 0. The summed E-state index contributed by atoms with van der Waals surface area (Å²) in [5.74, 6) is -2.02. The number of hydrogen-bond acceptors (Lipinski definition) is 3. The molecule has 2 amide bonds. The first-order chi connectivity index (χ1) is 9.39. The molecule has 0 bridgehead atoms. The van der Waals surface area contributed by atoms with E-state index >= 15 is 0 Å². The highest BCUT2D eigenvalue weighted by Gasteiger charge is 2.33. The molecule has 1 fully saturated rings. The molecule has 0 spiro atoms. The van der Waals surface area contributed by atoms with Gasteiger partial charge in [-0.1, -0.05) is 12.8 Å². The second-order valence-corrected chi connectivity index (χ2v) is 5.22. The molecule has 1 aliphatic rings. The molecule has 0 saturated heterocycles. The molecule has 6 heteroatoms. The van der Waals surface area contributed by atoms with Crippen LogP contribution >= 0.6 is 0 Å². The van der Waals surface area contributed by atoms with Crippen LogP contribution in [0.25, 0.3) is 0 Å². The molecular weight excluding hydrogens is 263 g/mol. The summed E-state index contributed by atoms with van der Waals surface area (Å²) in [5.41, 5.74) is 4.05. The van der Waals surface area contributed by atoms with Gasteiger partial charge < -0.3 is 16.2 Å². The molecular formula is C14H17FN2O3. The van der Waals surface area contributed by atoms with E-state index in [1.165, 1.54) is 12.1 Å². The fourth-order valence-electron chi connectivity index (χ4n) is 2.51. The van der Waals surface area contributed by atoms with Gasteiger partial charge in [0.25, 0.3) is 5.91 Å².